The number of carbonyl (C=O) groups is 2. The molecule has 2 aliphatic rings. The number of hydrazone groups is 1. The fourth-order valence-corrected chi connectivity index (χ4v) is 7.24. The van der Waals surface area contributed by atoms with E-state index in [2.05, 4.69) is 79.4 Å². The van der Waals surface area contributed by atoms with Gasteiger partial charge in [0.1, 0.15) is 11.6 Å². The third-order valence-corrected chi connectivity index (χ3v) is 10.8. The number of hydrogen-bond acceptors (Lipinski definition) is 9. The van der Waals surface area contributed by atoms with Gasteiger partial charge in [-0.2, -0.15) is 14.8 Å². The van der Waals surface area contributed by atoms with E-state index in [0.29, 0.717) is 28.8 Å². The molecular formula is C39H48N8O3S. The van der Waals surface area contributed by atoms with Crippen LogP contribution in [0.4, 0.5) is 11.4 Å². The molecule has 0 radical (unpaired) electrons. The van der Waals surface area contributed by atoms with Crippen molar-refractivity contribution >= 4 is 40.8 Å². The van der Waals surface area contributed by atoms with Crippen molar-refractivity contribution in [3.05, 3.63) is 83.9 Å². The first-order valence-corrected chi connectivity index (χ1v) is 18.7. The quantitative estimate of drug-likeness (QED) is 0.172. The summed E-state index contributed by atoms with van der Waals surface area (Å²) < 4.78 is 8.06. The van der Waals surface area contributed by atoms with Crippen molar-refractivity contribution in [2.75, 3.05) is 23.4 Å². The molecule has 1 aromatic heterocycles. The molecule has 6 rings (SSSR count). The van der Waals surface area contributed by atoms with Gasteiger partial charge in [-0.05, 0) is 101 Å². The second kappa shape index (κ2) is 14.9. The molecule has 3 aromatic carbocycles. The highest BCUT2D eigenvalue weighted by Crippen LogP contribution is 2.38. The van der Waals surface area contributed by atoms with Crippen molar-refractivity contribution in [1.82, 2.24) is 25.1 Å². The number of tetrazole rings is 1. The Hall–Kier alpha value is -4.71. The minimum Gasteiger partial charge on any atom is -0.480 e. The molecule has 4 aromatic rings. The van der Waals surface area contributed by atoms with Gasteiger partial charge in [-0.25, -0.2) is 0 Å². The number of aromatic nitrogens is 4. The number of amides is 2. The van der Waals surface area contributed by atoms with E-state index < -0.39 is 11.4 Å². The van der Waals surface area contributed by atoms with Gasteiger partial charge in [0.15, 0.2) is 11.4 Å². The van der Waals surface area contributed by atoms with Crippen LogP contribution >= 0.6 is 11.8 Å². The van der Waals surface area contributed by atoms with E-state index in [-0.39, 0.29) is 22.6 Å². The van der Waals surface area contributed by atoms with E-state index in [1.165, 1.54) is 22.3 Å². The van der Waals surface area contributed by atoms with Gasteiger partial charge in [0, 0.05) is 18.8 Å². The molecule has 2 amide bonds. The number of hydrogen-bond donors (Lipinski definition) is 1. The number of benzene rings is 3. The summed E-state index contributed by atoms with van der Waals surface area (Å²) in [7, 11) is 0. The topological polar surface area (TPSA) is 118 Å². The molecule has 3 heterocycles. The van der Waals surface area contributed by atoms with E-state index in [4.69, 9.17) is 9.84 Å². The first kappa shape index (κ1) is 36.1. The number of anilines is 2. The van der Waals surface area contributed by atoms with Crippen LogP contribution in [-0.2, 0) is 20.4 Å². The molecule has 1 N–H and O–H groups in total. The second-order valence-electron chi connectivity index (χ2n) is 14.8. The van der Waals surface area contributed by atoms with Crippen molar-refractivity contribution in [1.29, 1.82) is 0 Å². The van der Waals surface area contributed by atoms with Gasteiger partial charge in [-0.1, -0.05) is 90.6 Å². The summed E-state index contributed by atoms with van der Waals surface area (Å²) in [4.78, 5) is 29.7. The molecule has 51 heavy (non-hydrogen) atoms. The Labute approximate surface area is 304 Å². The molecule has 268 valence electrons. The zero-order valence-corrected chi connectivity index (χ0v) is 31.4. The maximum atomic E-state index is 14.0. The predicted molar refractivity (Wildman–Crippen MR) is 203 cm³/mol. The van der Waals surface area contributed by atoms with Gasteiger partial charge in [-0.3, -0.25) is 9.59 Å². The summed E-state index contributed by atoms with van der Waals surface area (Å²) in [5, 5.41) is 21.5. The molecule has 0 spiro atoms. The minimum atomic E-state index is -0.686. The average Bonchev–Trinajstić information content (AvgIpc) is 3.89. The van der Waals surface area contributed by atoms with E-state index in [0.717, 1.165) is 49.4 Å². The van der Waals surface area contributed by atoms with Crippen LogP contribution < -0.4 is 15.1 Å². The lowest BCUT2D eigenvalue weighted by Crippen LogP contribution is -2.37. The molecule has 1 fully saturated rings. The molecule has 0 aliphatic carbocycles. The summed E-state index contributed by atoms with van der Waals surface area (Å²) >= 11 is 1.30. The Morgan fingerprint density at radius 3 is 2.31 bits per heavy atom. The molecule has 2 unspecified atom stereocenters. The Kier molecular flexibility index (Phi) is 10.5. The van der Waals surface area contributed by atoms with Crippen molar-refractivity contribution in [2.45, 2.75) is 101 Å². The van der Waals surface area contributed by atoms with Gasteiger partial charge in [0.05, 0.1) is 11.4 Å². The lowest BCUT2D eigenvalue weighted by atomic mass is 9.78. The summed E-state index contributed by atoms with van der Waals surface area (Å²) in [6.45, 7) is 16.8. The first-order valence-electron chi connectivity index (χ1n) is 17.8. The van der Waals surface area contributed by atoms with Crippen LogP contribution in [0.25, 0.3) is 5.69 Å². The number of likely N-dealkylation sites (tertiary alicyclic amines) is 1. The SMILES string of the molecule is CCC(Oc1ccc(C(C)(C)CC)cc1C(C)(C)C)C(=O)Nc1ccc(N2N=C(N3CCCC3)C(Sc3nnnn3-c3ccccc3)C2=O)cc1. The number of thioether (sulfide) groups is 1. The lowest BCUT2D eigenvalue weighted by molar-refractivity contribution is -0.123. The number of ether oxygens (including phenoxy) is 1. The molecule has 0 saturated carbocycles. The highest BCUT2D eigenvalue weighted by Gasteiger charge is 2.42. The summed E-state index contributed by atoms with van der Waals surface area (Å²) in [6.07, 6.45) is 2.92. The Bertz CT molecular complexity index is 1880. The highest BCUT2D eigenvalue weighted by atomic mass is 32.2. The Balaban J connectivity index is 1.17. The van der Waals surface area contributed by atoms with Gasteiger partial charge in [-0.15, -0.1) is 5.10 Å². The fourth-order valence-electron chi connectivity index (χ4n) is 6.21. The first-order chi connectivity index (χ1) is 24.4. The number of nitrogens with one attached hydrogen (secondary N) is 1. The molecule has 12 heteroatoms. The van der Waals surface area contributed by atoms with Gasteiger partial charge in [0.25, 0.3) is 11.8 Å². The minimum absolute atomic E-state index is 0.0352. The smallest absolute Gasteiger partial charge is 0.268 e. The van der Waals surface area contributed by atoms with E-state index in [1.54, 1.807) is 28.9 Å². The molecule has 2 atom stereocenters. The maximum Gasteiger partial charge on any atom is 0.268 e. The van der Waals surface area contributed by atoms with E-state index >= 15 is 0 Å². The fraction of sp³-hybridized carbons (Fsp3) is 0.436. The molecule has 1 saturated heterocycles. The van der Waals surface area contributed by atoms with Crippen LogP contribution in [0.3, 0.4) is 0 Å². The zero-order valence-electron chi connectivity index (χ0n) is 30.6. The predicted octanol–water partition coefficient (Wildman–Crippen LogP) is 7.36. The van der Waals surface area contributed by atoms with E-state index in [1.807, 2.05) is 43.3 Å². The molecule has 0 bridgehead atoms. The monoisotopic (exact) mass is 708 g/mol. The number of para-hydroxylation sites is 1. The van der Waals surface area contributed by atoms with Crippen LogP contribution in [0.15, 0.2) is 83.1 Å². The largest absolute Gasteiger partial charge is 0.480 e. The maximum absolute atomic E-state index is 14.0. The van der Waals surface area contributed by atoms with Crippen molar-refractivity contribution in [3.63, 3.8) is 0 Å². The number of rotatable bonds is 11. The Morgan fingerprint density at radius 2 is 1.67 bits per heavy atom. The van der Waals surface area contributed by atoms with Crippen molar-refractivity contribution in [3.8, 4) is 11.4 Å². The third kappa shape index (κ3) is 7.80. The molecular weight excluding hydrogens is 661 g/mol. The lowest BCUT2D eigenvalue weighted by Gasteiger charge is -2.30. The summed E-state index contributed by atoms with van der Waals surface area (Å²) in [5.41, 5.74) is 4.22. The summed E-state index contributed by atoms with van der Waals surface area (Å²) in [5.74, 6) is 1.01. The van der Waals surface area contributed by atoms with Crippen molar-refractivity contribution in [2.24, 2.45) is 5.10 Å². The average molecular weight is 709 g/mol. The number of amidine groups is 1. The molecule has 11 nitrogen and oxygen atoms in total. The van der Waals surface area contributed by atoms with Crippen LogP contribution in [0.5, 0.6) is 5.75 Å². The third-order valence-electron chi connectivity index (χ3n) is 9.73. The van der Waals surface area contributed by atoms with Crippen LogP contribution in [-0.4, -0.2) is 67.2 Å². The number of carbonyl (C=O) groups excluding carboxylic acids is 2. The van der Waals surface area contributed by atoms with Gasteiger partial charge >= 0.3 is 0 Å². The van der Waals surface area contributed by atoms with E-state index in [9.17, 15) is 9.59 Å². The second-order valence-corrected chi connectivity index (χ2v) is 15.8. The van der Waals surface area contributed by atoms with Crippen molar-refractivity contribution < 1.29 is 14.3 Å². The van der Waals surface area contributed by atoms with Gasteiger partial charge in [0.2, 0.25) is 5.16 Å². The standard InChI is InChI=1S/C39H48N8O3S/c1-8-31(50-32-22-17-26(39(6,7)9-2)25-30(32)38(3,4)5)35(48)40-27-18-20-29(21-19-27)46-36(49)33(34(42-46)45-23-13-14-24-45)51-37-41-43-44-47(37)28-15-11-10-12-16-28/h10-12,15-22,25,31,33H,8-9,13-14,23-24H2,1-7H3,(H,40,48). The summed E-state index contributed by atoms with van der Waals surface area (Å²) in [6, 6.07) is 23.1. The molecule has 2 aliphatic heterocycles. The van der Waals surface area contributed by atoms with Crippen LogP contribution in [0.1, 0.15) is 85.3 Å². The van der Waals surface area contributed by atoms with Gasteiger partial charge < -0.3 is 15.0 Å². The van der Waals surface area contributed by atoms with Crippen LogP contribution in [0.2, 0.25) is 0 Å². The normalized spacial score (nSPS) is 17.1. The highest BCUT2D eigenvalue weighted by molar-refractivity contribution is 8.01. The Morgan fingerprint density at radius 1 is 0.961 bits per heavy atom. The van der Waals surface area contributed by atoms with Crippen LogP contribution in [0, 0.1) is 0 Å². The zero-order chi connectivity index (χ0) is 36.3. The number of nitrogens with zero attached hydrogens (tertiary/aromatic N) is 7.